The molecule has 0 radical (unpaired) electrons. The van der Waals surface area contributed by atoms with Gasteiger partial charge in [-0.2, -0.15) is 9.37 Å². The monoisotopic (exact) mass is 223 g/mol. The minimum Gasteiger partial charge on any atom is -0.369 e. The summed E-state index contributed by atoms with van der Waals surface area (Å²) in [4.78, 5) is 11.2. The van der Waals surface area contributed by atoms with Crippen molar-refractivity contribution in [3.63, 3.8) is 0 Å². The molecular formula is C9H10FN5O. The van der Waals surface area contributed by atoms with Crippen molar-refractivity contribution in [3.05, 3.63) is 30.1 Å². The van der Waals surface area contributed by atoms with Crippen LogP contribution in [0.25, 0.3) is 0 Å². The molecule has 7 heteroatoms. The predicted molar refractivity (Wildman–Crippen MR) is 53.2 cm³/mol. The van der Waals surface area contributed by atoms with E-state index in [1.807, 2.05) is 0 Å². The fourth-order valence-electron chi connectivity index (χ4n) is 1.17. The lowest BCUT2D eigenvalue weighted by molar-refractivity contribution is 0.377. The molecule has 0 saturated heterocycles. The standard InChI is InChI=1S/C9H10FN5O/c1-6-14-9(16-15-6)2-3-11-8-4-7(10)12-5-13-8/h4-5H,2-3H2,1H3,(H,11,12,13). The van der Waals surface area contributed by atoms with E-state index >= 15 is 0 Å². The van der Waals surface area contributed by atoms with Gasteiger partial charge in [0.1, 0.15) is 12.1 Å². The molecule has 0 saturated carbocycles. The summed E-state index contributed by atoms with van der Waals surface area (Å²) in [5, 5.41) is 6.58. The van der Waals surface area contributed by atoms with Crippen molar-refractivity contribution in [1.29, 1.82) is 0 Å². The summed E-state index contributed by atoms with van der Waals surface area (Å²) < 4.78 is 17.6. The van der Waals surface area contributed by atoms with Gasteiger partial charge in [-0.3, -0.25) is 0 Å². The molecule has 0 spiro atoms. The van der Waals surface area contributed by atoms with Gasteiger partial charge in [0.2, 0.25) is 11.8 Å². The van der Waals surface area contributed by atoms with Gasteiger partial charge in [0.05, 0.1) is 0 Å². The van der Waals surface area contributed by atoms with Gasteiger partial charge in [-0.05, 0) is 6.92 Å². The Kier molecular flexibility index (Phi) is 3.04. The minimum atomic E-state index is -0.564. The van der Waals surface area contributed by atoms with Crippen LogP contribution in [0.1, 0.15) is 11.7 Å². The zero-order valence-corrected chi connectivity index (χ0v) is 8.64. The Hall–Kier alpha value is -2.05. The summed E-state index contributed by atoms with van der Waals surface area (Å²) in [5.74, 6) is 1.01. The van der Waals surface area contributed by atoms with Gasteiger partial charge in [0, 0.05) is 19.0 Å². The lowest BCUT2D eigenvalue weighted by atomic mass is 10.4. The summed E-state index contributed by atoms with van der Waals surface area (Å²) in [5.41, 5.74) is 0. The Morgan fingerprint density at radius 2 is 2.31 bits per heavy atom. The van der Waals surface area contributed by atoms with E-state index in [0.29, 0.717) is 30.5 Å². The van der Waals surface area contributed by atoms with Crippen molar-refractivity contribution in [2.45, 2.75) is 13.3 Å². The van der Waals surface area contributed by atoms with Crippen molar-refractivity contribution in [2.75, 3.05) is 11.9 Å². The molecule has 1 N–H and O–H groups in total. The molecule has 2 rings (SSSR count). The summed E-state index contributed by atoms with van der Waals surface area (Å²) >= 11 is 0. The average molecular weight is 223 g/mol. The first-order valence-electron chi connectivity index (χ1n) is 4.74. The van der Waals surface area contributed by atoms with E-state index in [-0.39, 0.29) is 0 Å². The van der Waals surface area contributed by atoms with E-state index in [1.54, 1.807) is 6.92 Å². The maximum Gasteiger partial charge on any atom is 0.228 e. The van der Waals surface area contributed by atoms with Crippen LogP contribution >= 0.6 is 0 Å². The van der Waals surface area contributed by atoms with Crippen LogP contribution in [0.3, 0.4) is 0 Å². The average Bonchev–Trinajstić information content (AvgIpc) is 2.64. The van der Waals surface area contributed by atoms with E-state index < -0.39 is 5.95 Å². The molecule has 6 nitrogen and oxygen atoms in total. The molecule has 0 aliphatic heterocycles. The van der Waals surface area contributed by atoms with Crippen molar-refractivity contribution < 1.29 is 8.91 Å². The number of nitrogens with zero attached hydrogens (tertiary/aromatic N) is 4. The smallest absolute Gasteiger partial charge is 0.228 e. The third kappa shape index (κ3) is 2.72. The molecule has 2 aromatic heterocycles. The quantitative estimate of drug-likeness (QED) is 0.778. The highest BCUT2D eigenvalue weighted by Crippen LogP contribution is 2.03. The highest BCUT2D eigenvalue weighted by Gasteiger charge is 2.02. The van der Waals surface area contributed by atoms with Crippen molar-refractivity contribution in [2.24, 2.45) is 0 Å². The van der Waals surface area contributed by atoms with E-state index in [9.17, 15) is 4.39 Å². The molecule has 84 valence electrons. The Labute approximate surface area is 90.9 Å². The third-order valence-corrected chi connectivity index (χ3v) is 1.85. The highest BCUT2D eigenvalue weighted by atomic mass is 19.1. The van der Waals surface area contributed by atoms with E-state index in [2.05, 4.69) is 25.4 Å². The number of rotatable bonds is 4. The predicted octanol–water partition coefficient (Wildman–Crippen LogP) is 0.962. The van der Waals surface area contributed by atoms with Gasteiger partial charge in [0.15, 0.2) is 5.82 Å². The zero-order valence-electron chi connectivity index (χ0n) is 8.64. The number of aromatic nitrogens is 4. The Bertz CT molecular complexity index is 472. The Balaban J connectivity index is 1.84. The van der Waals surface area contributed by atoms with Crippen LogP contribution in [-0.2, 0) is 6.42 Å². The van der Waals surface area contributed by atoms with E-state index in [1.165, 1.54) is 6.07 Å². The molecular weight excluding hydrogens is 213 g/mol. The van der Waals surface area contributed by atoms with Gasteiger partial charge >= 0.3 is 0 Å². The van der Waals surface area contributed by atoms with Crippen LogP contribution in [0.4, 0.5) is 10.2 Å². The largest absolute Gasteiger partial charge is 0.369 e. The number of nitrogens with one attached hydrogen (secondary N) is 1. The lowest BCUT2D eigenvalue weighted by Gasteiger charge is -2.01. The molecule has 0 aromatic carbocycles. The number of hydrogen-bond acceptors (Lipinski definition) is 6. The second kappa shape index (κ2) is 4.65. The molecule has 0 atom stereocenters. The van der Waals surface area contributed by atoms with Gasteiger partial charge in [0.25, 0.3) is 0 Å². The van der Waals surface area contributed by atoms with Crippen LogP contribution in [0.5, 0.6) is 0 Å². The van der Waals surface area contributed by atoms with E-state index in [0.717, 1.165) is 6.33 Å². The van der Waals surface area contributed by atoms with E-state index in [4.69, 9.17) is 4.52 Å². The maximum atomic E-state index is 12.7. The fraction of sp³-hybridized carbons (Fsp3) is 0.333. The first-order valence-corrected chi connectivity index (χ1v) is 4.74. The Morgan fingerprint density at radius 3 is 3.00 bits per heavy atom. The first kappa shape index (κ1) is 10.5. The van der Waals surface area contributed by atoms with Gasteiger partial charge < -0.3 is 9.84 Å². The van der Waals surface area contributed by atoms with Gasteiger partial charge in [-0.1, -0.05) is 5.16 Å². The first-order chi connectivity index (χ1) is 7.74. The molecule has 0 bridgehead atoms. The minimum absolute atomic E-state index is 0.434. The maximum absolute atomic E-state index is 12.7. The van der Waals surface area contributed by atoms with Crippen molar-refractivity contribution in [1.82, 2.24) is 20.1 Å². The number of aryl methyl sites for hydroxylation is 1. The molecule has 0 unspecified atom stereocenters. The van der Waals surface area contributed by atoms with Crippen molar-refractivity contribution in [3.8, 4) is 0 Å². The van der Waals surface area contributed by atoms with Crippen molar-refractivity contribution >= 4 is 5.82 Å². The Morgan fingerprint density at radius 1 is 1.44 bits per heavy atom. The fourth-order valence-corrected chi connectivity index (χ4v) is 1.17. The molecule has 2 aromatic rings. The van der Waals surface area contributed by atoms with Crippen LogP contribution in [0.15, 0.2) is 16.9 Å². The number of hydrogen-bond donors (Lipinski definition) is 1. The molecule has 0 amide bonds. The van der Waals surface area contributed by atoms with Crippen LogP contribution < -0.4 is 5.32 Å². The molecule has 0 fully saturated rings. The third-order valence-electron chi connectivity index (χ3n) is 1.85. The summed E-state index contributed by atoms with van der Waals surface area (Å²) in [7, 11) is 0. The molecule has 16 heavy (non-hydrogen) atoms. The number of anilines is 1. The van der Waals surface area contributed by atoms with Crippen LogP contribution in [0, 0.1) is 12.9 Å². The second-order valence-electron chi connectivity index (χ2n) is 3.14. The highest BCUT2D eigenvalue weighted by molar-refractivity contribution is 5.31. The molecule has 2 heterocycles. The van der Waals surface area contributed by atoms with Crippen LogP contribution in [0.2, 0.25) is 0 Å². The summed E-state index contributed by atoms with van der Waals surface area (Å²) in [6.45, 7) is 2.29. The zero-order chi connectivity index (χ0) is 11.4. The summed E-state index contributed by atoms with van der Waals surface area (Å²) in [6, 6.07) is 1.22. The number of halogens is 1. The normalized spacial score (nSPS) is 10.4. The van der Waals surface area contributed by atoms with Gasteiger partial charge in [-0.25, -0.2) is 9.97 Å². The topological polar surface area (TPSA) is 76.7 Å². The second-order valence-corrected chi connectivity index (χ2v) is 3.14. The molecule has 0 aliphatic carbocycles. The van der Waals surface area contributed by atoms with Crippen LogP contribution in [-0.4, -0.2) is 26.7 Å². The lowest BCUT2D eigenvalue weighted by Crippen LogP contribution is -2.07. The molecule has 0 aliphatic rings. The van der Waals surface area contributed by atoms with Gasteiger partial charge in [-0.15, -0.1) is 0 Å². The SMILES string of the molecule is Cc1noc(CCNc2cc(F)ncn2)n1. The summed E-state index contributed by atoms with van der Waals surface area (Å²) in [6.07, 6.45) is 1.72.